The summed E-state index contributed by atoms with van der Waals surface area (Å²) in [5.41, 5.74) is 0.000412. The van der Waals surface area contributed by atoms with Crippen LogP contribution in [0.25, 0.3) is 0 Å². The minimum absolute atomic E-state index is 0.0447. The zero-order valence-corrected chi connectivity index (χ0v) is 14.1. The van der Waals surface area contributed by atoms with E-state index in [-0.39, 0.29) is 30.9 Å². The van der Waals surface area contributed by atoms with E-state index in [0.717, 1.165) is 18.4 Å². The molecule has 0 spiro atoms. The number of nitrogens with zero attached hydrogens (tertiary/aromatic N) is 1. The molecule has 0 aromatic heterocycles. The van der Waals surface area contributed by atoms with Crippen LogP contribution in [0.1, 0.15) is 24.8 Å². The molecule has 0 bridgehead atoms. The first kappa shape index (κ1) is 16.2. The molecule has 2 atom stereocenters. The molecule has 2 N–H and O–H groups in total. The molecule has 1 aromatic rings. The van der Waals surface area contributed by atoms with Gasteiger partial charge in [-0.05, 0) is 36.5 Å². The Kier molecular flexibility index (Phi) is 4.31. The summed E-state index contributed by atoms with van der Waals surface area (Å²) in [6.45, 7) is 1.02. The van der Waals surface area contributed by atoms with Crippen molar-refractivity contribution in [3.63, 3.8) is 0 Å². The van der Waals surface area contributed by atoms with Crippen molar-refractivity contribution in [2.45, 2.75) is 25.8 Å². The number of carboxylic acid groups (broad SMARTS) is 1. The number of urea groups is 1. The van der Waals surface area contributed by atoms with Crippen LogP contribution in [0.15, 0.2) is 22.7 Å². The Morgan fingerprint density at radius 1 is 1.48 bits per heavy atom. The number of hydrogen-bond donors (Lipinski definition) is 2. The molecule has 7 heteroatoms. The fourth-order valence-electron chi connectivity index (χ4n) is 3.74. The van der Waals surface area contributed by atoms with Crippen molar-refractivity contribution in [3.05, 3.63) is 34.1 Å². The van der Waals surface area contributed by atoms with E-state index in [4.69, 9.17) is 0 Å². The summed E-state index contributed by atoms with van der Waals surface area (Å²) in [4.78, 5) is 25.5. The van der Waals surface area contributed by atoms with Crippen LogP contribution in [0, 0.1) is 17.2 Å². The van der Waals surface area contributed by atoms with Crippen molar-refractivity contribution in [1.82, 2.24) is 10.2 Å². The lowest BCUT2D eigenvalue weighted by Crippen LogP contribution is -2.41. The number of nitrogens with one attached hydrogen (secondary N) is 1. The van der Waals surface area contributed by atoms with Crippen molar-refractivity contribution in [2.24, 2.45) is 11.3 Å². The molecule has 1 saturated carbocycles. The summed E-state index contributed by atoms with van der Waals surface area (Å²) in [5.74, 6) is -1.09. The third-order valence-electron chi connectivity index (χ3n) is 5.03. The van der Waals surface area contributed by atoms with Crippen LogP contribution in [0.5, 0.6) is 0 Å². The molecule has 2 fully saturated rings. The third-order valence-corrected chi connectivity index (χ3v) is 5.77. The fraction of sp³-hybridized carbons (Fsp3) is 0.500. The van der Waals surface area contributed by atoms with Crippen LogP contribution >= 0.6 is 15.9 Å². The SMILES string of the molecule is O=C(NCc1ccc(F)cc1Br)N1C[C@@H]2CCC[C@@]2(C(=O)O)C1. The first-order valence-electron chi connectivity index (χ1n) is 7.62. The van der Waals surface area contributed by atoms with Gasteiger partial charge in [0.15, 0.2) is 0 Å². The fourth-order valence-corrected chi connectivity index (χ4v) is 4.23. The Labute approximate surface area is 142 Å². The van der Waals surface area contributed by atoms with Gasteiger partial charge in [0.05, 0.1) is 5.41 Å². The molecule has 3 rings (SSSR count). The number of rotatable bonds is 3. The molecule has 5 nitrogen and oxygen atoms in total. The highest BCUT2D eigenvalue weighted by molar-refractivity contribution is 9.10. The maximum absolute atomic E-state index is 13.1. The predicted molar refractivity (Wildman–Crippen MR) is 85.3 cm³/mol. The number of carbonyl (C=O) groups excluding carboxylic acids is 1. The largest absolute Gasteiger partial charge is 0.481 e. The van der Waals surface area contributed by atoms with Gasteiger partial charge < -0.3 is 15.3 Å². The zero-order chi connectivity index (χ0) is 16.6. The number of benzene rings is 1. The Hall–Kier alpha value is -1.63. The third kappa shape index (κ3) is 2.94. The summed E-state index contributed by atoms with van der Waals surface area (Å²) in [6, 6.07) is 4.03. The molecule has 2 amide bonds. The van der Waals surface area contributed by atoms with Gasteiger partial charge in [0.25, 0.3) is 0 Å². The highest BCUT2D eigenvalue weighted by atomic mass is 79.9. The maximum Gasteiger partial charge on any atom is 0.317 e. The van der Waals surface area contributed by atoms with E-state index in [9.17, 15) is 19.1 Å². The maximum atomic E-state index is 13.1. The number of likely N-dealkylation sites (tertiary alicyclic amines) is 1. The van der Waals surface area contributed by atoms with Gasteiger partial charge in [0.1, 0.15) is 5.82 Å². The van der Waals surface area contributed by atoms with Crippen molar-refractivity contribution in [1.29, 1.82) is 0 Å². The second kappa shape index (κ2) is 6.11. The number of fused-ring (bicyclic) bond motifs is 1. The van der Waals surface area contributed by atoms with E-state index >= 15 is 0 Å². The van der Waals surface area contributed by atoms with E-state index < -0.39 is 11.4 Å². The Bertz CT molecular complexity index is 654. The van der Waals surface area contributed by atoms with Crippen molar-refractivity contribution >= 4 is 27.9 Å². The lowest BCUT2D eigenvalue weighted by atomic mass is 9.81. The minimum Gasteiger partial charge on any atom is -0.481 e. The van der Waals surface area contributed by atoms with Crippen molar-refractivity contribution < 1.29 is 19.1 Å². The summed E-state index contributed by atoms with van der Waals surface area (Å²) in [6.07, 6.45) is 2.41. The summed E-state index contributed by atoms with van der Waals surface area (Å²) in [7, 11) is 0. The molecule has 0 radical (unpaired) electrons. The minimum atomic E-state index is -0.795. The Morgan fingerprint density at radius 3 is 2.91 bits per heavy atom. The van der Waals surface area contributed by atoms with Gasteiger partial charge in [0.2, 0.25) is 0 Å². The molecule has 124 valence electrons. The van der Waals surface area contributed by atoms with E-state index in [0.29, 0.717) is 17.4 Å². The summed E-state index contributed by atoms with van der Waals surface area (Å²) >= 11 is 3.27. The van der Waals surface area contributed by atoms with Crippen LogP contribution in [-0.2, 0) is 11.3 Å². The van der Waals surface area contributed by atoms with Crippen molar-refractivity contribution in [3.8, 4) is 0 Å². The molecular formula is C16H18BrFN2O3. The van der Waals surface area contributed by atoms with Gasteiger partial charge in [-0.3, -0.25) is 4.79 Å². The van der Waals surface area contributed by atoms with Gasteiger partial charge in [-0.15, -0.1) is 0 Å². The van der Waals surface area contributed by atoms with Crippen LogP contribution in [0.3, 0.4) is 0 Å². The first-order chi connectivity index (χ1) is 10.9. The molecule has 1 saturated heterocycles. The second-order valence-electron chi connectivity index (χ2n) is 6.33. The number of halogens is 2. The van der Waals surface area contributed by atoms with Gasteiger partial charge in [0, 0.05) is 24.1 Å². The summed E-state index contributed by atoms with van der Waals surface area (Å²) in [5, 5.41) is 12.3. The van der Waals surface area contributed by atoms with Gasteiger partial charge in [-0.1, -0.05) is 28.4 Å². The van der Waals surface area contributed by atoms with Crippen molar-refractivity contribution in [2.75, 3.05) is 13.1 Å². The number of carbonyl (C=O) groups is 2. The Morgan fingerprint density at radius 2 is 2.26 bits per heavy atom. The summed E-state index contributed by atoms with van der Waals surface area (Å²) < 4.78 is 13.7. The average molecular weight is 385 g/mol. The van der Waals surface area contributed by atoms with E-state index in [1.165, 1.54) is 12.1 Å². The number of hydrogen-bond acceptors (Lipinski definition) is 2. The molecule has 1 heterocycles. The van der Waals surface area contributed by atoms with Gasteiger partial charge >= 0.3 is 12.0 Å². The zero-order valence-electron chi connectivity index (χ0n) is 12.5. The predicted octanol–water partition coefficient (Wildman–Crippen LogP) is 2.98. The Balaban J connectivity index is 1.63. The van der Waals surface area contributed by atoms with Crippen LogP contribution in [0.2, 0.25) is 0 Å². The van der Waals surface area contributed by atoms with Crippen LogP contribution in [-0.4, -0.2) is 35.1 Å². The topological polar surface area (TPSA) is 69.6 Å². The van der Waals surface area contributed by atoms with Crippen LogP contribution in [0.4, 0.5) is 9.18 Å². The first-order valence-corrected chi connectivity index (χ1v) is 8.42. The van der Waals surface area contributed by atoms with Gasteiger partial charge in [-0.2, -0.15) is 0 Å². The average Bonchev–Trinajstić information content (AvgIpc) is 3.04. The lowest BCUT2D eigenvalue weighted by Gasteiger charge is -2.23. The van der Waals surface area contributed by atoms with E-state index in [2.05, 4.69) is 21.2 Å². The monoisotopic (exact) mass is 384 g/mol. The quantitative estimate of drug-likeness (QED) is 0.841. The molecule has 1 aliphatic heterocycles. The van der Waals surface area contributed by atoms with E-state index in [1.54, 1.807) is 11.0 Å². The molecule has 1 aromatic carbocycles. The molecule has 0 unspecified atom stereocenters. The van der Waals surface area contributed by atoms with Gasteiger partial charge in [-0.25, -0.2) is 9.18 Å². The standard InChI is InChI=1S/C16H18BrFN2O3/c17-13-6-12(18)4-3-10(13)7-19-15(23)20-8-11-2-1-5-16(11,9-20)14(21)22/h3-4,6,11H,1-2,5,7-9H2,(H,19,23)(H,21,22)/t11-,16+/m0/s1. The van der Waals surface area contributed by atoms with Crippen LogP contribution < -0.4 is 5.32 Å². The molecule has 1 aliphatic carbocycles. The number of amides is 2. The smallest absolute Gasteiger partial charge is 0.317 e. The van der Waals surface area contributed by atoms with E-state index in [1.807, 2.05) is 0 Å². The highest BCUT2D eigenvalue weighted by Crippen LogP contribution is 2.48. The molecule has 23 heavy (non-hydrogen) atoms. The number of carboxylic acids is 1. The number of aliphatic carboxylic acids is 1. The highest BCUT2D eigenvalue weighted by Gasteiger charge is 2.55. The molecule has 2 aliphatic rings. The molecular weight excluding hydrogens is 367 g/mol. The lowest BCUT2D eigenvalue weighted by molar-refractivity contribution is -0.149. The normalized spacial score (nSPS) is 26.2. The second-order valence-corrected chi connectivity index (χ2v) is 7.18.